The maximum absolute atomic E-state index is 13.6. The first-order chi connectivity index (χ1) is 8.99. The first-order valence-corrected chi connectivity index (χ1v) is 6.80. The van der Waals surface area contributed by atoms with Crippen LogP contribution in [0.25, 0.3) is 0 Å². The molecule has 0 radical (unpaired) electrons. The van der Waals surface area contributed by atoms with Gasteiger partial charge in [0.1, 0.15) is 6.10 Å². The van der Waals surface area contributed by atoms with Crippen LogP contribution in [0.3, 0.4) is 0 Å². The summed E-state index contributed by atoms with van der Waals surface area (Å²) in [6, 6.07) is 6.86. The van der Waals surface area contributed by atoms with Gasteiger partial charge < -0.3 is 10.5 Å². The first kappa shape index (κ1) is 14.2. The van der Waals surface area contributed by atoms with Crippen LogP contribution in [-0.2, 0) is 0 Å². The van der Waals surface area contributed by atoms with Crippen LogP contribution < -0.4 is 10.5 Å². The van der Waals surface area contributed by atoms with Gasteiger partial charge in [-0.3, -0.25) is 0 Å². The van der Waals surface area contributed by atoms with Crippen molar-refractivity contribution < 1.29 is 13.5 Å². The highest BCUT2D eigenvalue weighted by Crippen LogP contribution is 2.33. The normalized spacial score (nSPS) is 14.2. The molecule has 0 fully saturated rings. The summed E-state index contributed by atoms with van der Waals surface area (Å²) in [5.74, 6) is -2.13. The fraction of sp³-hybridized carbons (Fsp3) is 0.231. The molecule has 1 aromatic carbocycles. The first-order valence-electron chi connectivity index (χ1n) is 5.60. The zero-order valence-electron chi connectivity index (χ0n) is 10.1. The molecule has 2 unspecified atom stereocenters. The topological polar surface area (TPSA) is 35.2 Å². The van der Waals surface area contributed by atoms with Gasteiger partial charge in [-0.05, 0) is 31.2 Å². The van der Waals surface area contributed by atoms with Crippen molar-refractivity contribution in [1.29, 1.82) is 0 Å². The molecule has 0 amide bonds. The Bertz CT molecular complexity index is 574. The van der Waals surface area contributed by atoms with Crippen LogP contribution in [0.2, 0.25) is 4.34 Å². The molecule has 0 spiro atoms. The van der Waals surface area contributed by atoms with Gasteiger partial charge in [0.2, 0.25) is 5.82 Å². The van der Waals surface area contributed by atoms with E-state index in [0.29, 0.717) is 4.34 Å². The second-order valence-electron chi connectivity index (χ2n) is 4.09. The van der Waals surface area contributed by atoms with Gasteiger partial charge in [0, 0.05) is 10.9 Å². The Morgan fingerprint density at radius 2 is 2.00 bits per heavy atom. The van der Waals surface area contributed by atoms with Gasteiger partial charge in [-0.15, -0.1) is 11.3 Å². The van der Waals surface area contributed by atoms with Crippen molar-refractivity contribution in [3.05, 3.63) is 51.2 Å². The third-order valence-corrected chi connectivity index (χ3v) is 3.81. The van der Waals surface area contributed by atoms with E-state index in [1.165, 1.54) is 23.5 Å². The summed E-state index contributed by atoms with van der Waals surface area (Å²) in [6.45, 7) is 1.73. The Hall–Kier alpha value is -1.17. The highest BCUT2D eigenvalue weighted by Gasteiger charge is 2.22. The minimum absolute atomic E-state index is 0.160. The molecule has 0 aliphatic rings. The Labute approximate surface area is 118 Å². The molecule has 2 rings (SSSR count). The van der Waals surface area contributed by atoms with Crippen LogP contribution in [0, 0.1) is 11.6 Å². The Morgan fingerprint density at radius 3 is 2.58 bits per heavy atom. The van der Waals surface area contributed by atoms with Gasteiger partial charge in [0.25, 0.3) is 0 Å². The molecule has 0 aliphatic heterocycles. The lowest BCUT2D eigenvalue weighted by atomic mass is 10.1. The van der Waals surface area contributed by atoms with E-state index in [9.17, 15) is 8.78 Å². The predicted molar refractivity (Wildman–Crippen MR) is 72.7 cm³/mol. The lowest BCUT2D eigenvalue weighted by Crippen LogP contribution is -2.28. The fourth-order valence-corrected chi connectivity index (χ4v) is 2.82. The van der Waals surface area contributed by atoms with E-state index >= 15 is 0 Å². The molecule has 0 bridgehead atoms. The van der Waals surface area contributed by atoms with E-state index < -0.39 is 23.8 Å². The summed E-state index contributed by atoms with van der Waals surface area (Å²) in [5, 5.41) is 0. The molecule has 6 heteroatoms. The van der Waals surface area contributed by atoms with Gasteiger partial charge >= 0.3 is 0 Å². The zero-order valence-corrected chi connectivity index (χ0v) is 11.6. The average Bonchev–Trinajstić information content (AvgIpc) is 2.77. The van der Waals surface area contributed by atoms with Crippen molar-refractivity contribution in [1.82, 2.24) is 0 Å². The minimum atomic E-state index is -1.02. The van der Waals surface area contributed by atoms with Crippen molar-refractivity contribution in [2.45, 2.75) is 19.1 Å². The van der Waals surface area contributed by atoms with Crippen molar-refractivity contribution in [3.63, 3.8) is 0 Å². The Balaban J connectivity index is 2.29. The summed E-state index contributed by atoms with van der Waals surface area (Å²) in [5.41, 5.74) is 5.84. The highest BCUT2D eigenvalue weighted by molar-refractivity contribution is 7.16. The van der Waals surface area contributed by atoms with E-state index in [1.807, 2.05) is 0 Å². The number of halogens is 3. The summed E-state index contributed by atoms with van der Waals surface area (Å²) < 4.78 is 32.8. The van der Waals surface area contributed by atoms with Crippen molar-refractivity contribution in [3.8, 4) is 5.75 Å². The Morgan fingerprint density at radius 1 is 1.26 bits per heavy atom. The zero-order chi connectivity index (χ0) is 14.0. The SMILES string of the molecule is CC(N)C(Oc1cccc(F)c1F)c1ccc(Cl)s1. The fourth-order valence-electron chi connectivity index (χ4n) is 1.62. The largest absolute Gasteiger partial charge is 0.480 e. The van der Waals surface area contributed by atoms with E-state index in [4.69, 9.17) is 22.1 Å². The van der Waals surface area contributed by atoms with Gasteiger partial charge in [-0.1, -0.05) is 17.7 Å². The number of rotatable bonds is 4. The number of hydrogen-bond acceptors (Lipinski definition) is 3. The van der Waals surface area contributed by atoms with Gasteiger partial charge in [-0.2, -0.15) is 4.39 Å². The molecule has 2 atom stereocenters. The molecular formula is C13H12ClF2NOS. The van der Waals surface area contributed by atoms with Gasteiger partial charge in [-0.25, -0.2) is 4.39 Å². The van der Waals surface area contributed by atoms with E-state index in [2.05, 4.69) is 0 Å². The average molecular weight is 304 g/mol. The molecule has 102 valence electrons. The van der Waals surface area contributed by atoms with Crippen molar-refractivity contribution >= 4 is 22.9 Å². The summed E-state index contributed by atoms with van der Waals surface area (Å²) >= 11 is 7.15. The number of ether oxygens (including phenoxy) is 1. The minimum Gasteiger partial charge on any atom is -0.480 e. The predicted octanol–water partition coefficient (Wildman–Crippen LogP) is 4.15. The van der Waals surface area contributed by atoms with E-state index in [1.54, 1.807) is 19.1 Å². The third-order valence-electron chi connectivity index (χ3n) is 2.52. The molecule has 2 nitrogen and oxygen atoms in total. The number of nitrogens with two attached hydrogens (primary N) is 1. The van der Waals surface area contributed by atoms with Crippen LogP contribution in [0.4, 0.5) is 8.78 Å². The molecule has 2 N–H and O–H groups in total. The maximum atomic E-state index is 13.6. The van der Waals surface area contributed by atoms with E-state index in [0.717, 1.165) is 10.9 Å². The molecule has 0 saturated heterocycles. The molecule has 1 aromatic heterocycles. The van der Waals surface area contributed by atoms with Crippen LogP contribution in [0.5, 0.6) is 5.75 Å². The summed E-state index contributed by atoms with van der Waals surface area (Å²) in [7, 11) is 0. The second kappa shape index (κ2) is 5.86. The second-order valence-corrected chi connectivity index (χ2v) is 5.84. The third kappa shape index (κ3) is 3.23. The van der Waals surface area contributed by atoms with Crippen molar-refractivity contribution in [2.24, 2.45) is 5.73 Å². The number of thiophene rings is 1. The highest BCUT2D eigenvalue weighted by atomic mass is 35.5. The monoisotopic (exact) mass is 303 g/mol. The van der Waals surface area contributed by atoms with Gasteiger partial charge in [0.05, 0.1) is 4.34 Å². The number of benzene rings is 1. The van der Waals surface area contributed by atoms with Crippen LogP contribution in [0.1, 0.15) is 17.9 Å². The quantitative estimate of drug-likeness (QED) is 0.921. The maximum Gasteiger partial charge on any atom is 0.200 e. The molecular weight excluding hydrogens is 292 g/mol. The smallest absolute Gasteiger partial charge is 0.200 e. The standard InChI is InChI=1S/C13H12ClF2NOS/c1-7(17)13(10-5-6-11(14)19-10)18-9-4-2-3-8(15)12(9)16/h2-7,13H,17H2,1H3. The van der Waals surface area contributed by atoms with Gasteiger partial charge in [0.15, 0.2) is 11.6 Å². The molecule has 0 aliphatic carbocycles. The van der Waals surface area contributed by atoms with Crippen molar-refractivity contribution in [2.75, 3.05) is 0 Å². The van der Waals surface area contributed by atoms with Crippen LogP contribution in [-0.4, -0.2) is 6.04 Å². The van der Waals surface area contributed by atoms with E-state index in [-0.39, 0.29) is 5.75 Å². The Kier molecular flexibility index (Phi) is 4.39. The lowest BCUT2D eigenvalue weighted by molar-refractivity contribution is 0.174. The summed E-state index contributed by atoms with van der Waals surface area (Å²) in [4.78, 5) is 0.767. The molecule has 1 heterocycles. The number of hydrogen-bond donors (Lipinski definition) is 1. The van der Waals surface area contributed by atoms with Crippen LogP contribution in [0.15, 0.2) is 30.3 Å². The lowest BCUT2D eigenvalue weighted by Gasteiger charge is -2.21. The molecule has 19 heavy (non-hydrogen) atoms. The summed E-state index contributed by atoms with van der Waals surface area (Å²) in [6.07, 6.45) is -0.575. The molecule has 0 saturated carbocycles. The van der Waals surface area contributed by atoms with Crippen LogP contribution >= 0.6 is 22.9 Å². The molecule has 2 aromatic rings.